The van der Waals surface area contributed by atoms with Crippen molar-refractivity contribution in [3.05, 3.63) is 158 Å². The zero-order valence-electron chi connectivity index (χ0n) is 26.2. The van der Waals surface area contributed by atoms with E-state index in [2.05, 4.69) is 132 Å². The van der Waals surface area contributed by atoms with Crippen LogP contribution in [0.5, 0.6) is 11.5 Å². The Hall–Kier alpha value is -6.65. The molecule has 4 heteroatoms. The molecule has 228 valence electrons. The SMILES string of the molecule is c1ccc(-c2nc3cccc4c3n2-c2ccc(-c3c5ccccc5c(-c5ccc6c(c5)oc5ccccc56)c5ccccc35)cc2O4)cc1. The topological polar surface area (TPSA) is 40.2 Å². The van der Waals surface area contributed by atoms with Crippen LogP contribution in [0.25, 0.3) is 93.8 Å². The summed E-state index contributed by atoms with van der Waals surface area (Å²) in [5, 5.41) is 7.03. The zero-order chi connectivity index (χ0) is 32.1. The van der Waals surface area contributed by atoms with Crippen molar-refractivity contribution in [3.8, 4) is 50.8 Å². The molecule has 0 amide bonds. The predicted octanol–water partition coefficient (Wildman–Crippen LogP) is 12.3. The number of para-hydroxylation sites is 2. The van der Waals surface area contributed by atoms with E-state index in [1.807, 2.05) is 30.3 Å². The van der Waals surface area contributed by atoms with Crippen LogP contribution >= 0.6 is 0 Å². The van der Waals surface area contributed by atoms with Gasteiger partial charge in [-0.1, -0.05) is 115 Å². The minimum absolute atomic E-state index is 0.806. The lowest BCUT2D eigenvalue weighted by molar-refractivity contribution is 0.476. The Morgan fingerprint density at radius 3 is 1.78 bits per heavy atom. The van der Waals surface area contributed by atoms with Crippen molar-refractivity contribution in [1.82, 2.24) is 9.55 Å². The van der Waals surface area contributed by atoms with Crippen LogP contribution in [0.2, 0.25) is 0 Å². The molecule has 0 spiro atoms. The first-order chi connectivity index (χ1) is 24.3. The summed E-state index contributed by atoms with van der Waals surface area (Å²) in [6.07, 6.45) is 0. The van der Waals surface area contributed by atoms with E-state index in [1.165, 1.54) is 32.7 Å². The molecule has 1 aliphatic heterocycles. The smallest absolute Gasteiger partial charge is 0.153 e. The number of fused-ring (bicyclic) bond motifs is 7. The lowest BCUT2D eigenvalue weighted by atomic mass is 9.85. The minimum Gasteiger partial charge on any atom is -0.456 e. The Morgan fingerprint density at radius 1 is 0.429 bits per heavy atom. The van der Waals surface area contributed by atoms with Gasteiger partial charge in [-0.05, 0) is 86.3 Å². The molecular weight excluding hydrogens is 601 g/mol. The molecule has 0 fully saturated rings. The van der Waals surface area contributed by atoms with Crippen molar-refractivity contribution in [2.45, 2.75) is 0 Å². The van der Waals surface area contributed by atoms with Crippen LogP contribution in [-0.2, 0) is 0 Å². The number of ether oxygens (including phenoxy) is 1. The Bertz CT molecular complexity index is 2910. The Balaban J connectivity index is 1.15. The number of hydrogen-bond acceptors (Lipinski definition) is 3. The molecule has 3 heterocycles. The quantitative estimate of drug-likeness (QED) is 0.183. The molecule has 0 bridgehead atoms. The van der Waals surface area contributed by atoms with Crippen molar-refractivity contribution in [3.63, 3.8) is 0 Å². The molecule has 0 saturated heterocycles. The van der Waals surface area contributed by atoms with Gasteiger partial charge in [0.15, 0.2) is 11.5 Å². The highest BCUT2D eigenvalue weighted by Crippen LogP contribution is 2.48. The molecule has 0 aliphatic carbocycles. The fraction of sp³-hybridized carbons (Fsp3) is 0. The second kappa shape index (κ2) is 9.93. The van der Waals surface area contributed by atoms with Gasteiger partial charge in [0, 0.05) is 16.3 Å². The second-order valence-corrected chi connectivity index (χ2v) is 12.7. The van der Waals surface area contributed by atoms with Crippen molar-refractivity contribution < 1.29 is 9.15 Å². The summed E-state index contributed by atoms with van der Waals surface area (Å²) in [6.45, 7) is 0. The van der Waals surface area contributed by atoms with Crippen LogP contribution in [0.15, 0.2) is 162 Å². The van der Waals surface area contributed by atoms with Crippen LogP contribution in [0, 0.1) is 0 Å². The Kier molecular flexibility index (Phi) is 5.35. The first-order valence-electron chi connectivity index (χ1n) is 16.5. The largest absolute Gasteiger partial charge is 0.456 e. The van der Waals surface area contributed by atoms with Gasteiger partial charge in [0.25, 0.3) is 0 Å². The maximum Gasteiger partial charge on any atom is 0.153 e. The number of benzene rings is 8. The maximum absolute atomic E-state index is 6.67. The first-order valence-corrected chi connectivity index (χ1v) is 16.5. The molecule has 1 aliphatic rings. The van der Waals surface area contributed by atoms with Crippen LogP contribution in [0.3, 0.4) is 0 Å². The van der Waals surface area contributed by atoms with Crippen LogP contribution in [-0.4, -0.2) is 9.55 Å². The van der Waals surface area contributed by atoms with Crippen LogP contribution in [0.1, 0.15) is 0 Å². The van der Waals surface area contributed by atoms with Crippen molar-refractivity contribution >= 4 is 54.5 Å². The summed E-state index contributed by atoms with van der Waals surface area (Å²) in [5.74, 6) is 2.52. The highest BCUT2D eigenvalue weighted by atomic mass is 16.5. The van der Waals surface area contributed by atoms with Crippen LogP contribution < -0.4 is 4.74 Å². The fourth-order valence-electron chi connectivity index (χ4n) is 7.88. The lowest BCUT2D eigenvalue weighted by Gasteiger charge is -2.23. The maximum atomic E-state index is 6.67. The normalized spacial score (nSPS) is 12.2. The van der Waals surface area contributed by atoms with E-state index in [0.29, 0.717) is 0 Å². The van der Waals surface area contributed by atoms with Gasteiger partial charge in [0.05, 0.1) is 11.2 Å². The summed E-state index contributed by atoms with van der Waals surface area (Å²) >= 11 is 0. The van der Waals surface area contributed by atoms with Gasteiger partial charge in [-0.2, -0.15) is 0 Å². The van der Waals surface area contributed by atoms with Gasteiger partial charge in [-0.3, -0.25) is 4.57 Å². The molecule has 11 rings (SSSR count). The zero-order valence-corrected chi connectivity index (χ0v) is 26.2. The monoisotopic (exact) mass is 626 g/mol. The average molecular weight is 627 g/mol. The molecule has 0 unspecified atom stereocenters. The van der Waals surface area contributed by atoms with Gasteiger partial charge >= 0.3 is 0 Å². The summed E-state index contributed by atoms with van der Waals surface area (Å²) in [7, 11) is 0. The Morgan fingerprint density at radius 2 is 1.04 bits per heavy atom. The second-order valence-electron chi connectivity index (χ2n) is 12.7. The summed E-state index contributed by atoms with van der Waals surface area (Å²) < 4.78 is 15.3. The predicted molar refractivity (Wildman–Crippen MR) is 200 cm³/mol. The Labute approximate surface area is 281 Å². The third kappa shape index (κ3) is 3.77. The molecule has 8 aromatic carbocycles. The molecule has 0 N–H and O–H groups in total. The molecule has 4 nitrogen and oxygen atoms in total. The summed E-state index contributed by atoms with van der Waals surface area (Å²) in [4.78, 5) is 5.06. The van der Waals surface area contributed by atoms with E-state index in [1.54, 1.807) is 0 Å². The van der Waals surface area contributed by atoms with Crippen molar-refractivity contribution in [1.29, 1.82) is 0 Å². The van der Waals surface area contributed by atoms with Crippen molar-refractivity contribution in [2.24, 2.45) is 0 Å². The number of nitrogens with zero attached hydrogens (tertiary/aromatic N) is 2. The lowest BCUT2D eigenvalue weighted by Crippen LogP contribution is -2.06. The number of aromatic nitrogens is 2. The van der Waals surface area contributed by atoms with E-state index in [0.717, 1.165) is 72.7 Å². The highest BCUT2D eigenvalue weighted by Gasteiger charge is 2.26. The van der Waals surface area contributed by atoms with Gasteiger partial charge in [0.2, 0.25) is 0 Å². The van der Waals surface area contributed by atoms with E-state index >= 15 is 0 Å². The van der Waals surface area contributed by atoms with E-state index in [4.69, 9.17) is 14.1 Å². The van der Waals surface area contributed by atoms with Gasteiger partial charge in [-0.15, -0.1) is 0 Å². The number of furan rings is 1. The van der Waals surface area contributed by atoms with E-state index in [-0.39, 0.29) is 0 Å². The number of hydrogen-bond donors (Lipinski definition) is 0. The highest BCUT2D eigenvalue weighted by molar-refractivity contribution is 6.22. The molecular formula is C45H26N2O2. The first kappa shape index (κ1) is 26.4. The molecule has 0 saturated carbocycles. The van der Waals surface area contributed by atoms with Gasteiger partial charge in [-0.25, -0.2) is 4.98 Å². The molecule has 49 heavy (non-hydrogen) atoms. The molecule has 10 aromatic rings. The fourth-order valence-corrected chi connectivity index (χ4v) is 7.88. The van der Waals surface area contributed by atoms with E-state index < -0.39 is 0 Å². The molecule has 0 radical (unpaired) electrons. The van der Waals surface area contributed by atoms with Gasteiger partial charge in [0.1, 0.15) is 22.5 Å². The van der Waals surface area contributed by atoms with Crippen molar-refractivity contribution in [2.75, 3.05) is 0 Å². The standard InChI is InChI=1S/C45H26N2O2/c1-2-11-27(12-3-1)45-46-36-18-10-20-39-44(36)47(45)37-24-22-29(26-41(37)49-39)43-34-16-6-4-14-32(34)42(33-15-5-7-17-35(33)43)28-21-23-31-30-13-8-9-19-38(30)48-40(31)25-28/h1-26H. The summed E-state index contributed by atoms with van der Waals surface area (Å²) in [5.41, 5.74) is 10.4. The van der Waals surface area contributed by atoms with Crippen LogP contribution in [0.4, 0.5) is 0 Å². The molecule has 0 atom stereocenters. The number of imidazole rings is 1. The molecule has 2 aromatic heterocycles. The van der Waals surface area contributed by atoms with Gasteiger partial charge < -0.3 is 9.15 Å². The van der Waals surface area contributed by atoms with E-state index in [9.17, 15) is 0 Å². The number of rotatable bonds is 3. The third-order valence-corrected chi connectivity index (χ3v) is 9.98. The third-order valence-electron chi connectivity index (χ3n) is 9.98. The average Bonchev–Trinajstić information content (AvgIpc) is 3.73. The summed E-state index contributed by atoms with van der Waals surface area (Å²) in [6, 6.07) is 55.4. The minimum atomic E-state index is 0.806.